The van der Waals surface area contributed by atoms with E-state index < -0.39 is 11.8 Å². The molecule has 0 saturated heterocycles. The number of aromatic hydroxyl groups is 1. The summed E-state index contributed by atoms with van der Waals surface area (Å²) >= 11 is 0. The summed E-state index contributed by atoms with van der Waals surface area (Å²) in [6.45, 7) is 27.2. The van der Waals surface area contributed by atoms with Crippen LogP contribution in [0.5, 0.6) is 5.75 Å². The fourth-order valence-electron chi connectivity index (χ4n) is 8.72. The van der Waals surface area contributed by atoms with Crippen molar-refractivity contribution in [2.24, 2.45) is 0 Å². The molecule has 0 aliphatic carbocycles. The number of aryl methyl sites for hydroxylation is 2. The van der Waals surface area contributed by atoms with Crippen LogP contribution < -0.4 is 0 Å². The number of phenols is 1. The fraction of sp³-hybridized carbons (Fsp3) is 0.300. The Morgan fingerprint density at radius 3 is 1.86 bits per heavy atom. The fourth-order valence-corrected chi connectivity index (χ4v) is 8.72. The highest BCUT2D eigenvalue weighted by molar-refractivity contribution is 5.97. The molecular formula is C60H65N3O. The molecule has 0 fully saturated rings. The van der Waals surface area contributed by atoms with Gasteiger partial charge in [-0.2, -0.15) is 0 Å². The summed E-state index contributed by atoms with van der Waals surface area (Å²) in [7, 11) is 0. The van der Waals surface area contributed by atoms with Crippen LogP contribution in [0.1, 0.15) is 141 Å². The average Bonchev–Trinajstić information content (AvgIpc) is 3.64. The van der Waals surface area contributed by atoms with E-state index in [4.69, 9.17) is 12.7 Å². The number of rotatable bonds is 10. The molecule has 0 aliphatic heterocycles. The molecule has 0 amide bonds. The third kappa shape index (κ3) is 8.68. The lowest BCUT2D eigenvalue weighted by Gasteiger charge is -2.22. The molecule has 0 saturated carbocycles. The number of para-hydroxylation sites is 1. The Kier molecular flexibility index (Phi) is 11.3. The minimum atomic E-state index is -0.830. The molecule has 0 unspecified atom stereocenters. The summed E-state index contributed by atoms with van der Waals surface area (Å²) < 4.78 is 20.1. The van der Waals surface area contributed by atoms with Gasteiger partial charge in [-0.15, -0.1) is 0 Å². The smallest absolute Gasteiger partial charge is 0.149 e. The first-order valence-electron chi connectivity index (χ1n) is 23.8. The molecule has 0 atom stereocenters. The Morgan fingerprint density at radius 2 is 1.23 bits per heavy atom. The summed E-state index contributed by atoms with van der Waals surface area (Å²) in [5, 5.41) is 12.3. The molecule has 0 spiro atoms. The second-order valence-electron chi connectivity index (χ2n) is 19.9. The summed E-state index contributed by atoms with van der Waals surface area (Å²) in [6.07, 6.45) is 1.90. The Balaban J connectivity index is 1.38. The maximum atomic E-state index is 12.3. The first kappa shape index (κ1) is 41.7. The van der Waals surface area contributed by atoms with Crippen LogP contribution in [0.4, 0.5) is 0 Å². The molecule has 326 valence electrons. The number of benzene rings is 6. The van der Waals surface area contributed by atoms with Crippen LogP contribution in [0.25, 0.3) is 72.7 Å². The highest BCUT2D eigenvalue weighted by atomic mass is 16.3. The van der Waals surface area contributed by atoms with Crippen molar-refractivity contribution >= 4 is 11.0 Å². The summed E-state index contributed by atoms with van der Waals surface area (Å²) in [5.74, 6) is -0.412. The van der Waals surface area contributed by atoms with E-state index in [9.17, 15) is 5.11 Å². The predicted octanol–water partition coefficient (Wildman–Crippen LogP) is 16.9. The monoisotopic (exact) mass is 846 g/mol. The quantitative estimate of drug-likeness (QED) is 0.149. The van der Waals surface area contributed by atoms with E-state index in [1.165, 1.54) is 11.1 Å². The molecule has 4 nitrogen and oxygen atoms in total. The van der Waals surface area contributed by atoms with E-state index in [1.807, 2.05) is 40.0 Å². The molecule has 0 aliphatic rings. The number of phenolic OH excluding ortho intramolecular Hbond substituents is 1. The SMILES string of the molecule is [2H]C(C)(C)c1cc(-c2ccc(-n3c(-c4cc(C(C)C)cc(C(C)C)c4O)nc4c(-c5cc(-c6cc(-c7ccc(C)cc7)ccn6)cc(C(C)(C)C)c5)cccc43)c(C)c2)cc(C([2H])(C)C)c1. The molecule has 6 aromatic carbocycles. The molecule has 2 heterocycles. The number of aromatic nitrogens is 3. The van der Waals surface area contributed by atoms with Gasteiger partial charge in [0, 0.05) is 20.1 Å². The van der Waals surface area contributed by atoms with Crippen molar-refractivity contribution < 1.29 is 7.85 Å². The normalized spacial score (nSPS) is 12.9. The lowest BCUT2D eigenvalue weighted by atomic mass is 9.83. The van der Waals surface area contributed by atoms with Crippen molar-refractivity contribution in [1.29, 1.82) is 0 Å². The van der Waals surface area contributed by atoms with Gasteiger partial charge in [0.15, 0.2) is 0 Å². The molecule has 4 heteroatoms. The molecular weight excluding hydrogens is 779 g/mol. The van der Waals surface area contributed by atoms with Crippen molar-refractivity contribution in [3.05, 3.63) is 166 Å². The van der Waals surface area contributed by atoms with Gasteiger partial charge in [0.25, 0.3) is 0 Å². The van der Waals surface area contributed by atoms with E-state index in [0.29, 0.717) is 11.4 Å². The molecule has 8 rings (SSSR count). The van der Waals surface area contributed by atoms with Gasteiger partial charge in [-0.3, -0.25) is 9.55 Å². The van der Waals surface area contributed by atoms with Gasteiger partial charge >= 0.3 is 0 Å². The average molecular weight is 846 g/mol. The zero-order valence-corrected chi connectivity index (χ0v) is 40.1. The second kappa shape index (κ2) is 17.4. The third-order valence-electron chi connectivity index (χ3n) is 12.8. The summed E-state index contributed by atoms with van der Waals surface area (Å²) in [6, 6.07) is 43.1. The highest BCUT2D eigenvalue weighted by Crippen LogP contribution is 2.44. The van der Waals surface area contributed by atoms with Gasteiger partial charge < -0.3 is 5.11 Å². The number of fused-ring (bicyclic) bond motifs is 1. The maximum Gasteiger partial charge on any atom is 0.149 e. The summed E-state index contributed by atoms with van der Waals surface area (Å²) in [4.78, 5) is 10.5. The Morgan fingerprint density at radius 1 is 0.578 bits per heavy atom. The zero-order valence-electron chi connectivity index (χ0n) is 42.1. The van der Waals surface area contributed by atoms with Gasteiger partial charge in [0.1, 0.15) is 11.6 Å². The number of hydrogen-bond donors (Lipinski definition) is 1. The molecule has 64 heavy (non-hydrogen) atoms. The minimum absolute atomic E-state index is 0.0941. The van der Waals surface area contributed by atoms with Crippen molar-refractivity contribution in [3.63, 3.8) is 0 Å². The van der Waals surface area contributed by atoms with Crippen LogP contribution in [0.3, 0.4) is 0 Å². The highest BCUT2D eigenvalue weighted by Gasteiger charge is 2.25. The topological polar surface area (TPSA) is 50.9 Å². The first-order chi connectivity index (χ1) is 31.0. The van der Waals surface area contributed by atoms with E-state index in [-0.39, 0.29) is 23.0 Å². The van der Waals surface area contributed by atoms with E-state index in [1.54, 1.807) is 0 Å². The number of pyridine rings is 1. The van der Waals surface area contributed by atoms with Crippen LogP contribution in [0.15, 0.2) is 128 Å². The Labute approximate surface area is 384 Å². The van der Waals surface area contributed by atoms with Crippen molar-refractivity contribution in [3.8, 4) is 67.5 Å². The number of nitrogens with zero attached hydrogens (tertiary/aromatic N) is 3. The maximum absolute atomic E-state index is 12.3. The van der Waals surface area contributed by atoms with Crippen molar-refractivity contribution in [2.75, 3.05) is 0 Å². The standard InChI is InChI=1S/C60H65N3O/c1-35(2)44-26-45(36(3)4)28-47(27-44)42-21-22-55(40(10)25-42)63-56-16-14-15-51(57(56)62-59(63)53-33-46(37(5)6)32-52(38(7)8)58(53)64)48-29-49(31-50(30-48)60(11,12)13)54-34-43(23-24-61-54)41-19-17-39(9)18-20-41/h14-38,64H,1-13H3/i35D,36D. The molecule has 8 aromatic rings. The zero-order chi connectivity index (χ0) is 47.6. The predicted molar refractivity (Wildman–Crippen MR) is 272 cm³/mol. The van der Waals surface area contributed by atoms with Crippen molar-refractivity contribution in [1.82, 2.24) is 14.5 Å². The third-order valence-corrected chi connectivity index (χ3v) is 12.8. The minimum Gasteiger partial charge on any atom is -0.507 e. The van der Waals surface area contributed by atoms with Gasteiger partial charge in [0.2, 0.25) is 0 Å². The van der Waals surface area contributed by atoms with Crippen molar-refractivity contribution in [2.45, 2.75) is 119 Å². The van der Waals surface area contributed by atoms with E-state index in [2.05, 4.69) is 182 Å². The molecule has 1 N–H and O–H groups in total. The van der Waals surface area contributed by atoms with E-state index in [0.717, 1.165) is 89.2 Å². The summed E-state index contributed by atoms with van der Waals surface area (Å²) in [5.41, 5.74) is 18.7. The number of hydrogen-bond acceptors (Lipinski definition) is 3. The first-order valence-corrected chi connectivity index (χ1v) is 22.8. The van der Waals surface area contributed by atoms with E-state index >= 15 is 0 Å². The van der Waals surface area contributed by atoms with Crippen LogP contribution in [0, 0.1) is 13.8 Å². The lowest BCUT2D eigenvalue weighted by Crippen LogP contribution is -2.11. The Bertz CT molecular complexity index is 3080. The van der Waals surface area contributed by atoms with Gasteiger partial charge in [-0.1, -0.05) is 155 Å². The van der Waals surface area contributed by atoms with Crippen LogP contribution >= 0.6 is 0 Å². The second-order valence-corrected chi connectivity index (χ2v) is 19.9. The lowest BCUT2D eigenvalue weighted by molar-refractivity contribution is 0.466. The van der Waals surface area contributed by atoms with Gasteiger partial charge in [-0.25, -0.2) is 4.98 Å². The molecule has 0 radical (unpaired) electrons. The molecule has 2 aromatic heterocycles. The largest absolute Gasteiger partial charge is 0.507 e. The van der Waals surface area contributed by atoms with Crippen LogP contribution in [0.2, 0.25) is 0 Å². The van der Waals surface area contributed by atoms with Crippen LogP contribution in [-0.2, 0) is 5.41 Å². The van der Waals surface area contributed by atoms with Gasteiger partial charge in [0.05, 0.1) is 28.0 Å². The van der Waals surface area contributed by atoms with Gasteiger partial charge in [-0.05, 0) is 153 Å². The Hall–Kier alpha value is -6.26. The molecule has 0 bridgehead atoms. The van der Waals surface area contributed by atoms with Crippen LogP contribution in [-0.4, -0.2) is 19.6 Å². The number of imidazole rings is 1.